The molecule has 1 amide bonds. The van der Waals surface area contributed by atoms with Crippen LogP contribution in [0.1, 0.15) is 58.2 Å². The number of phenolic OH excluding ortho intramolecular Hbond substituents is 1. The van der Waals surface area contributed by atoms with E-state index in [-0.39, 0.29) is 27.8 Å². The fraction of sp³-hybridized carbons (Fsp3) is 0.333. The summed E-state index contributed by atoms with van der Waals surface area (Å²) >= 11 is 3.20. The maximum atomic E-state index is 12.7. The maximum absolute atomic E-state index is 12.7. The third-order valence-electron chi connectivity index (χ3n) is 4.84. The summed E-state index contributed by atoms with van der Waals surface area (Å²) in [5.74, 6) is -0.440. The predicted molar refractivity (Wildman–Crippen MR) is 129 cm³/mol. The standard InChI is InChI=1S/C24H26BrN3O4/c1-23(2,3)17-10-14(11-18(21(17)29)24(4,5)6)9-15(13-26)22(30)27-20-8-7-16(28(31)32)12-19(20)25/h7-12,29H,1-6H3,(H,27,30)/b15-9+. The molecule has 168 valence electrons. The lowest BCUT2D eigenvalue weighted by atomic mass is 9.78. The molecular weight excluding hydrogens is 474 g/mol. The number of phenols is 1. The zero-order valence-electron chi connectivity index (χ0n) is 18.9. The summed E-state index contributed by atoms with van der Waals surface area (Å²) in [7, 11) is 0. The lowest BCUT2D eigenvalue weighted by Crippen LogP contribution is -2.18. The Hall–Kier alpha value is -3.18. The number of halogens is 1. The number of hydrogen-bond donors (Lipinski definition) is 2. The van der Waals surface area contributed by atoms with Crippen LogP contribution >= 0.6 is 15.9 Å². The second-order valence-electron chi connectivity index (χ2n) is 9.51. The van der Waals surface area contributed by atoms with E-state index in [1.165, 1.54) is 24.3 Å². The molecule has 0 saturated carbocycles. The molecule has 2 N–H and O–H groups in total. The molecule has 8 heteroatoms. The average Bonchev–Trinajstić information content (AvgIpc) is 2.66. The van der Waals surface area contributed by atoms with Gasteiger partial charge in [-0.15, -0.1) is 0 Å². The minimum atomic E-state index is -0.648. The smallest absolute Gasteiger partial charge is 0.270 e. The monoisotopic (exact) mass is 499 g/mol. The number of nitriles is 1. The second kappa shape index (κ2) is 9.13. The Bertz CT molecular complexity index is 1110. The molecule has 7 nitrogen and oxygen atoms in total. The number of carbonyl (C=O) groups is 1. The summed E-state index contributed by atoms with van der Waals surface area (Å²) in [4.78, 5) is 23.1. The Morgan fingerprint density at radius 2 is 1.66 bits per heavy atom. The van der Waals surface area contributed by atoms with Crippen LogP contribution in [0.4, 0.5) is 11.4 Å². The molecule has 2 aromatic rings. The van der Waals surface area contributed by atoms with Crippen LogP contribution in [0.2, 0.25) is 0 Å². The zero-order chi connectivity index (χ0) is 24.4. The van der Waals surface area contributed by atoms with Gasteiger partial charge in [-0.1, -0.05) is 41.5 Å². The van der Waals surface area contributed by atoms with Gasteiger partial charge in [0.2, 0.25) is 0 Å². The van der Waals surface area contributed by atoms with Crippen molar-refractivity contribution in [2.45, 2.75) is 52.4 Å². The van der Waals surface area contributed by atoms with Gasteiger partial charge in [-0.05, 0) is 56.6 Å². The molecule has 0 spiro atoms. The van der Waals surface area contributed by atoms with E-state index in [0.29, 0.717) is 26.9 Å². The minimum absolute atomic E-state index is 0.126. The molecule has 2 rings (SSSR count). The van der Waals surface area contributed by atoms with Crippen molar-refractivity contribution in [2.75, 3.05) is 5.32 Å². The lowest BCUT2D eigenvalue weighted by molar-refractivity contribution is -0.384. The minimum Gasteiger partial charge on any atom is -0.507 e. The molecule has 0 heterocycles. The number of benzene rings is 2. The number of rotatable bonds is 4. The zero-order valence-corrected chi connectivity index (χ0v) is 20.5. The first-order valence-electron chi connectivity index (χ1n) is 9.90. The van der Waals surface area contributed by atoms with E-state index in [9.17, 15) is 25.3 Å². The molecule has 0 aromatic heterocycles. The fourth-order valence-corrected chi connectivity index (χ4v) is 3.57. The van der Waals surface area contributed by atoms with Crippen LogP contribution in [0, 0.1) is 21.4 Å². The topological polar surface area (TPSA) is 116 Å². The highest BCUT2D eigenvalue weighted by atomic mass is 79.9. The third kappa shape index (κ3) is 5.74. The van der Waals surface area contributed by atoms with Gasteiger partial charge in [0, 0.05) is 27.7 Å². The van der Waals surface area contributed by atoms with E-state index in [2.05, 4.69) is 21.2 Å². The Labute approximate surface area is 196 Å². The molecule has 2 aromatic carbocycles. The molecule has 0 atom stereocenters. The van der Waals surface area contributed by atoms with Crippen LogP contribution in [0.5, 0.6) is 5.75 Å². The van der Waals surface area contributed by atoms with Gasteiger partial charge >= 0.3 is 0 Å². The molecule has 0 aliphatic heterocycles. The molecule has 0 aliphatic rings. The summed E-state index contributed by atoms with van der Waals surface area (Å²) < 4.78 is 0.326. The van der Waals surface area contributed by atoms with Gasteiger partial charge in [0.05, 0.1) is 10.6 Å². The van der Waals surface area contributed by atoms with Crippen molar-refractivity contribution in [3.8, 4) is 11.8 Å². The predicted octanol–water partition coefficient (Wildman–Crippen LogP) is 6.20. The number of aromatic hydroxyl groups is 1. The Morgan fingerprint density at radius 1 is 1.12 bits per heavy atom. The maximum Gasteiger partial charge on any atom is 0.270 e. The van der Waals surface area contributed by atoms with Crippen molar-refractivity contribution in [1.29, 1.82) is 5.26 Å². The number of nitrogens with zero attached hydrogens (tertiary/aromatic N) is 2. The van der Waals surface area contributed by atoms with Crippen molar-refractivity contribution in [3.05, 3.63) is 67.2 Å². The first kappa shape index (κ1) is 25.1. The Balaban J connectivity index is 2.50. The number of hydrogen-bond acceptors (Lipinski definition) is 5. The van der Waals surface area contributed by atoms with Crippen LogP contribution in [0.25, 0.3) is 6.08 Å². The number of nitrogens with one attached hydrogen (secondary N) is 1. The van der Waals surface area contributed by atoms with Gasteiger partial charge in [-0.25, -0.2) is 0 Å². The average molecular weight is 500 g/mol. The van der Waals surface area contributed by atoms with Gasteiger partial charge in [-0.2, -0.15) is 5.26 Å². The highest BCUT2D eigenvalue weighted by Gasteiger charge is 2.26. The number of amides is 1. The molecule has 0 bridgehead atoms. The van der Waals surface area contributed by atoms with Gasteiger partial charge in [-0.3, -0.25) is 14.9 Å². The van der Waals surface area contributed by atoms with E-state index >= 15 is 0 Å². The van der Waals surface area contributed by atoms with Gasteiger partial charge in [0.1, 0.15) is 17.4 Å². The Morgan fingerprint density at radius 3 is 2.06 bits per heavy atom. The fourth-order valence-electron chi connectivity index (χ4n) is 3.11. The van der Waals surface area contributed by atoms with Gasteiger partial charge in [0.15, 0.2) is 0 Å². The number of nitro benzene ring substituents is 1. The summed E-state index contributed by atoms with van der Waals surface area (Å²) in [6.45, 7) is 11.9. The molecule has 0 fully saturated rings. The van der Waals surface area contributed by atoms with Crippen molar-refractivity contribution >= 4 is 39.3 Å². The van der Waals surface area contributed by atoms with Crippen LogP contribution in [0.15, 0.2) is 40.4 Å². The highest BCUT2D eigenvalue weighted by molar-refractivity contribution is 9.10. The van der Waals surface area contributed by atoms with E-state index in [1.54, 1.807) is 12.1 Å². The van der Waals surface area contributed by atoms with Crippen molar-refractivity contribution < 1.29 is 14.8 Å². The normalized spacial score (nSPS) is 12.2. The largest absolute Gasteiger partial charge is 0.507 e. The van der Waals surface area contributed by atoms with Gasteiger partial charge < -0.3 is 10.4 Å². The summed E-state index contributed by atoms with van der Waals surface area (Å²) in [6.07, 6.45) is 1.47. The number of non-ortho nitro benzene ring substituents is 1. The first-order chi connectivity index (χ1) is 14.6. The molecule has 0 unspecified atom stereocenters. The molecule has 0 saturated heterocycles. The SMILES string of the molecule is CC(C)(C)c1cc(/C=C(\C#N)C(=O)Nc2ccc([N+](=O)[O-])cc2Br)cc(C(C)(C)C)c1O. The molecular formula is C24H26BrN3O4. The molecule has 0 aliphatic carbocycles. The van der Waals surface area contributed by atoms with E-state index < -0.39 is 10.8 Å². The summed E-state index contributed by atoms with van der Waals surface area (Å²) in [6, 6.07) is 9.40. The number of carbonyl (C=O) groups excluding carboxylic acids is 1. The van der Waals surface area contributed by atoms with E-state index in [0.717, 1.165) is 0 Å². The Kier molecular flexibility index (Phi) is 7.16. The quantitative estimate of drug-likeness (QED) is 0.224. The van der Waals surface area contributed by atoms with Crippen molar-refractivity contribution in [1.82, 2.24) is 0 Å². The van der Waals surface area contributed by atoms with Crippen LogP contribution in [0.3, 0.4) is 0 Å². The van der Waals surface area contributed by atoms with Crippen molar-refractivity contribution in [2.24, 2.45) is 0 Å². The molecule has 32 heavy (non-hydrogen) atoms. The van der Waals surface area contributed by atoms with E-state index in [1.807, 2.05) is 47.6 Å². The second-order valence-corrected chi connectivity index (χ2v) is 10.4. The third-order valence-corrected chi connectivity index (χ3v) is 5.49. The van der Waals surface area contributed by atoms with Gasteiger partial charge in [0.25, 0.3) is 11.6 Å². The van der Waals surface area contributed by atoms with E-state index in [4.69, 9.17) is 0 Å². The van der Waals surface area contributed by atoms with Crippen LogP contribution in [-0.2, 0) is 15.6 Å². The summed E-state index contributed by atoms with van der Waals surface area (Å²) in [5.41, 5.74) is 1.38. The van der Waals surface area contributed by atoms with Crippen LogP contribution in [-0.4, -0.2) is 15.9 Å². The van der Waals surface area contributed by atoms with Crippen LogP contribution < -0.4 is 5.32 Å². The molecule has 0 radical (unpaired) electrons. The number of anilines is 1. The first-order valence-corrected chi connectivity index (χ1v) is 10.7. The highest BCUT2D eigenvalue weighted by Crippen LogP contribution is 2.40. The lowest BCUT2D eigenvalue weighted by Gasteiger charge is -2.28. The van der Waals surface area contributed by atoms with Crippen molar-refractivity contribution in [3.63, 3.8) is 0 Å². The summed E-state index contributed by atoms with van der Waals surface area (Å²) in [5, 5.41) is 34.0. The number of nitro groups is 1.